The minimum absolute atomic E-state index is 0.676. The highest BCUT2D eigenvalue weighted by Crippen LogP contribution is 2.22. The van der Waals surface area contributed by atoms with Crippen molar-refractivity contribution in [2.45, 2.75) is 20.8 Å². The minimum Gasteiger partial charge on any atom is -0.348 e. The van der Waals surface area contributed by atoms with Gasteiger partial charge in [0, 0.05) is 23.6 Å². The molecule has 1 aromatic carbocycles. The first-order valence-electron chi connectivity index (χ1n) is 5.82. The Bertz CT molecular complexity index is 598. The van der Waals surface area contributed by atoms with Crippen molar-refractivity contribution in [1.82, 2.24) is 25.2 Å². The van der Waals surface area contributed by atoms with Gasteiger partial charge in [0.05, 0.1) is 0 Å². The van der Waals surface area contributed by atoms with E-state index < -0.39 is 0 Å². The van der Waals surface area contributed by atoms with Crippen LogP contribution in [0.3, 0.4) is 0 Å². The van der Waals surface area contributed by atoms with E-state index in [2.05, 4.69) is 70.4 Å². The van der Waals surface area contributed by atoms with Crippen molar-refractivity contribution in [1.29, 1.82) is 0 Å². The van der Waals surface area contributed by atoms with Crippen molar-refractivity contribution in [2.75, 3.05) is 0 Å². The number of H-pyrrole nitrogens is 1. The van der Waals surface area contributed by atoms with Gasteiger partial charge in [0.15, 0.2) is 5.82 Å². The van der Waals surface area contributed by atoms with Crippen molar-refractivity contribution in [3.63, 3.8) is 0 Å². The number of tetrazole rings is 1. The van der Waals surface area contributed by atoms with E-state index in [1.54, 1.807) is 6.92 Å². The first-order valence-corrected chi connectivity index (χ1v) is 5.82. The Morgan fingerprint density at radius 1 is 1.11 bits per heavy atom. The molecule has 0 radical (unpaired) electrons. The van der Waals surface area contributed by atoms with Gasteiger partial charge in [0.2, 0.25) is 0 Å². The number of rotatable bonds is 0. The average molecular weight is 243 g/mol. The molecule has 0 bridgehead atoms. The molecule has 0 spiro atoms. The average Bonchev–Trinajstić information content (AvgIpc) is 2.94. The fourth-order valence-corrected chi connectivity index (χ4v) is 1.92. The summed E-state index contributed by atoms with van der Waals surface area (Å²) < 4.78 is 2.24. The maximum atomic E-state index is 3.57. The second-order valence-corrected chi connectivity index (χ2v) is 4.25. The Labute approximate surface area is 106 Å². The lowest BCUT2D eigenvalue weighted by Gasteiger charge is -1.96. The van der Waals surface area contributed by atoms with Crippen molar-refractivity contribution in [2.24, 2.45) is 7.05 Å². The van der Waals surface area contributed by atoms with Crippen molar-refractivity contribution in [3.8, 4) is 0 Å². The van der Waals surface area contributed by atoms with Crippen LogP contribution in [-0.2, 0) is 7.05 Å². The lowest BCUT2D eigenvalue weighted by Crippen LogP contribution is -1.89. The van der Waals surface area contributed by atoms with Crippen LogP contribution in [-0.4, -0.2) is 25.2 Å². The number of hydrogen-bond acceptors (Lipinski definition) is 3. The smallest absolute Gasteiger partial charge is 0.171 e. The number of nitrogens with one attached hydrogen (secondary N) is 1. The van der Waals surface area contributed by atoms with Crippen LogP contribution in [0, 0.1) is 20.8 Å². The van der Waals surface area contributed by atoms with E-state index >= 15 is 0 Å². The van der Waals surface area contributed by atoms with Crippen molar-refractivity contribution < 1.29 is 0 Å². The lowest BCUT2D eigenvalue weighted by molar-refractivity contribution is 0.881. The molecule has 3 aromatic rings. The van der Waals surface area contributed by atoms with Gasteiger partial charge in [-0.1, -0.05) is 23.4 Å². The topological polar surface area (TPSA) is 59.4 Å². The predicted octanol–water partition coefficient (Wildman–Crippen LogP) is 2.30. The highest BCUT2D eigenvalue weighted by Gasteiger charge is 2.05. The highest BCUT2D eigenvalue weighted by molar-refractivity contribution is 5.85. The van der Waals surface area contributed by atoms with Gasteiger partial charge in [-0.05, 0) is 32.4 Å². The molecule has 0 saturated heterocycles. The van der Waals surface area contributed by atoms with Gasteiger partial charge in [-0.15, -0.1) is 10.2 Å². The molecule has 0 aliphatic heterocycles. The molecule has 0 atom stereocenters. The molecule has 94 valence electrons. The third kappa shape index (κ3) is 2.25. The van der Waals surface area contributed by atoms with Crippen molar-refractivity contribution in [3.05, 3.63) is 41.3 Å². The number of aromatic amines is 1. The molecule has 0 unspecified atom stereocenters. The number of nitrogens with zero attached hydrogens (tertiary/aromatic N) is 4. The summed E-state index contributed by atoms with van der Waals surface area (Å²) in [6.07, 6.45) is 0. The zero-order chi connectivity index (χ0) is 13.1. The summed E-state index contributed by atoms with van der Waals surface area (Å²) in [4.78, 5) is 0. The molecule has 2 aromatic heterocycles. The molecule has 0 fully saturated rings. The Morgan fingerprint density at radius 2 is 1.83 bits per heavy atom. The first-order chi connectivity index (χ1) is 8.61. The molecule has 5 nitrogen and oxygen atoms in total. The van der Waals surface area contributed by atoms with Gasteiger partial charge < -0.3 is 4.57 Å². The van der Waals surface area contributed by atoms with Crippen LogP contribution in [0.15, 0.2) is 24.3 Å². The summed E-state index contributed by atoms with van der Waals surface area (Å²) >= 11 is 0. The molecule has 5 heteroatoms. The zero-order valence-electron chi connectivity index (χ0n) is 11.1. The number of aromatic nitrogens is 5. The Balaban J connectivity index is 0.000000169. The third-order valence-electron chi connectivity index (χ3n) is 3.17. The van der Waals surface area contributed by atoms with E-state index in [0.717, 1.165) is 0 Å². The normalized spacial score (nSPS) is 10.2. The largest absolute Gasteiger partial charge is 0.348 e. The Hall–Kier alpha value is -2.17. The van der Waals surface area contributed by atoms with Gasteiger partial charge >= 0.3 is 0 Å². The highest BCUT2D eigenvalue weighted by atomic mass is 15.5. The van der Waals surface area contributed by atoms with Gasteiger partial charge in [0.25, 0.3) is 0 Å². The monoisotopic (exact) mass is 243 g/mol. The van der Waals surface area contributed by atoms with Gasteiger partial charge in [0.1, 0.15) is 0 Å². The second kappa shape index (κ2) is 5.00. The standard InChI is InChI=1S/C11H13N.C2H4N4/c1-8-9(2)12(3)11-7-5-4-6-10(8)11;1-2-3-5-6-4-2/h4-7H,1-3H3;1H3,(H,3,4,5,6). The van der Waals surface area contributed by atoms with E-state index in [1.807, 2.05) is 0 Å². The van der Waals surface area contributed by atoms with E-state index in [1.165, 1.54) is 22.2 Å². The van der Waals surface area contributed by atoms with Crippen LogP contribution >= 0.6 is 0 Å². The molecule has 0 aliphatic carbocycles. The van der Waals surface area contributed by atoms with E-state index in [4.69, 9.17) is 0 Å². The first kappa shape index (κ1) is 12.3. The zero-order valence-corrected chi connectivity index (χ0v) is 11.1. The van der Waals surface area contributed by atoms with Crippen molar-refractivity contribution >= 4 is 10.9 Å². The van der Waals surface area contributed by atoms with Crippen LogP contribution in [0.4, 0.5) is 0 Å². The van der Waals surface area contributed by atoms with Gasteiger partial charge in [-0.2, -0.15) is 5.21 Å². The molecule has 1 N–H and O–H groups in total. The van der Waals surface area contributed by atoms with E-state index in [9.17, 15) is 0 Å². The number of fused-ring (bicyclic) bond motifs is 1. The van der Waals surface area contributed by atoms with Crippen LogP contribution in [0.5, 0.6) is 0 Å². The summed E-state index contributed by atoms with van der Waals surface area (Å²) in [6, 6.07) is 8.52. The van der Waals surface area contributed by atoms with Gasteiger partial charge in [-0.25, -0.2) is 0 Å². The molecular formula is C13H17N5. The van der Waals surface area contributed by atoms with E-state index in [-0.39, 0.29) is 0 Å². The molecule has 2 heterocycles. The molecule has 3 rings (SSSR count). The summed E-state index contributed by atoms with van der Waals surface area (Å²) in [5.41, 5.74) is 4.08. The maximum Gasteiger partial charge on any atom is 0.171 e. The molecule has 0 saturated carbocycles. The SMILES string of the molecule is Cc1c(C)n(C)c2ccccc12.Cc1nn[nH]n1. The van der Waals surface area contributed by atoms with Crippen LogP contribution in [0.25, 0.3) is 10.9 Å². The third-order valence-corrected chi connectivity index (χ3v) is 3.17. The predicted molar refractivity (Wildman–Crippen MR) is 71.3 cm³/mol. The Morgan fingerprint density at radius 3 is 2.33 bits per heavy atom. The van der Waals surface area contributed by atoms with Crippen LogP contribution < -0.4 is 0 Å². The number of para-hydroxylation sites is 1. The molecule has 0 amide bonds. The fraction of sp³-hybridized carbons (Fsp3) is 0.308. The number of aryl methyl sites for hydroxylation is 3. The number of benzene rings is 1. The fourth-order valence-electron chi connectivity index (χ4n) is 1.92. The summed E-state index contributed by atoms with van der Waals surface area (Å²) in [5.74, 6) is 0.676. The molecule has 0 aliphatic rings. The molecular weight excluding hydrogens is 226 g/mol. The summed E-state index contributed by atoms with van der Waals surface area (Å²) in [7, 11) is 2.12. The number of hydrogen-bond donors (Lipinski definition) is 1. The maximum absolute atomic E-state index is 3.57. The summed E-state index contributed by atoms with van der Waals surface area (Å²) in [5, 5.41) is 14.1. The summed E-state index contributed by atoms with van der Waals surface area (Å²) in [6.45, 7) is 6.11. The Kier molecular flexibility index (Phi) is 3.41. The molecule has 18 heavy (non-hydrogen) atoms. The minimum atomic E-state index is 0.676. The second-order valence-electron chi connectivity index (χ2n) is 4.25. The van der Waals surface area contributed by atoms with Crippen LogP contribution in [0.1, 0.15) is 17.1 Å². The van der Waals surface area contributed by atoms with E-state index in [0.29, 0.717) is 5.82 Å². The van der Waals surface area contributed by atoms with Crippen LogP contribution in [0.2, 0.25) is 0 Å². The quantitative estimate of drug-likeness (QED) is 0.659. The van der Waals surface area contributed by atoms with Gasteiger partial charge in [-0.3, -0.25) is 0 Å². The lowest BCUT2D eigenvalue weighted by atomic mass is 10.2.